The minimum atomic E-state index is 0.357. The molecule has 1 saturated heterocycles. The van der Waals surface area contributed by atoms with Gasteiger partial charge >= 0.3 is 0 Å². The maximum Gasteiger partial charge on any atom is 0.0471 e. The van der Waals surface area contributed by atoms with Gasteiger partial charge in [-0.05, 0) is 38.1 Å². The summed E-state index contributed by atoms with van der Waals surface area (Å²) < 4.78 is 0. The van der Waals surface area contributed by atoms with Crippen LogP contribution in [0.1, 0.15) is 38.5 Å². The SMILES string of the molecule is C/N=C/C1CCCC[C@@H]1N1CCC[C@H](CO)C1. The number of piperidine rings is 1. The van der Waals surface area contributed by atoms with Gasteiger partial charge in [0.15, 0.2) is 0 Å². The van der Waals surface area contributed by atoms with E-state index in [2.05, 4.69) is 16.1 Å². The summed E-state index contributed by atoms with van der Waals surface area (Å²) in [6, 6.07) is 0.682. The first-order valence-electron chi connectivity index (χ1n) is 7.12. The summed E-state index contributed by atoms with van der Waals surface area (Å²) in [4.78, 5) is 6.86. The van der Waals surface area contributed by atoms with Gasteiger partial charge in [-0.3, -0.25) is 4.90 Å². The van der Waals surface area contributed by atoms with Crippen LogP contribution in [0.4, 0.5) is 0 Å². The van der Waals surface area contributed by atoms with Gasteiger partial charge in [-0.2, -0.15) is 0 Å². The summed E-state index contributed by atoms with van der Waals surface area (Å²) in [5.41, 5.74) is 0. The topological polar surface area (TPSA) is 35.8 Å². The molecule has 2 rings (SSSR count). The summed E-state index contributed by atoms with van der Waals surface area (Å²) >= 11 is 0. The van der Waals surface area contributed by atoms with Crippen LogP contribution in [0.3, 0.4) is 0 Å². The predicted octanol–water partition coefficient (Wildman–Crippen LogP) is 1.95. The molecule has 2 aliphatic rings. The smallest absolute Gasteiger partial charge is 0.0471 e. The van der Waals surface area contributed by atoms with Gasteiger partial charge in [-0.25, -0.2) is 0 Å². The zero-order chi connectivity index (χ0) is 12.1. The summed E-state index contributed by atoms with van der Waals surface area (Å²) in [5.74, 6) is 1.15. The summed E-state index contributed by atoms with van der Waals surface area (Å²) in [6.07, 6.45) is 9.93. The molecule has 1 heterocycles. The van der Waals surface area contributed by atoms with Gasteiger partial charge in [-0.1, -0.05) is 12.8 Å². The number of rotatable bonds is 3. The van der Waals surface area contributed by atoms with Gasteiger partial charge in [-0.15, -0.1) is 0 Å². The third-order valence-electron chi connectivity index (χ3n) is 4.40. The van der Waals surface area contributed by atoms with Crippen LogP contribution < -0.4 is 0 Å². The first kappa shape index (κ1) is 13.0. The van der Waals surface area contributed by atoms with Crippen LogP contribution in [0.15, 0.2) is 4.99 Å². The van der Waals surface area contributed by atoms with Crippen LogP contribution in [0, 0.1) is 11.8 Å². The second kappa shape index (κ2) is 6.50. The van der Waals surface area contributed by atoms with Crippen molar-refractivity contribution in [3.63, 3.8) is 0 Å². The van der Waals surface area contributed by atoms with E-state index in [1.165, 1.54) is 45.1 Å². The minimum absolute atomic E-state index is 0.357. The predicted molar refractivity (Wildman–Crippen MR) is 71.5 cm³/mol. The van der Waals surface area contributed by atoms with Gasteiger partial charge < -0.3 is 10.1 Å². The molecule has 17 heavy (non-hydrogen) atoms. The Bertz CT molecular complexity index is 255. The Labute approximate surface area is 105 Å². The molecule has 1 saturated carbocycles. The van der Waals surface area contributed by atoms with Crippen LogP contribution in [0.25, 0.3) is 0 Å². The van der Waals surface area contributed by atoms with Gasteiger partial charge in [0.25, 0.3) is 0 Å². The second-order valence-corrected chi connectivity index (χ2v) is 5.61. The van der Waals surface area contributed by atoms with E-state index in [-0.39, 0.29) is 0 Å². The molecule has 0 aromatic heterocycles. The average molecular weight is 238 g/mol. The number of aliphatic hydroxyl groups is 1. The number of hydrogen-bond donors (Lipinski definition) is 1. The van der Waals surface area contributed by atoms with Gasteiger partial charge in [0.05, 0.1) is 0 Å². The maximum absolute atomic E-state index is 9.32. The van der Waals surface area contributed by atoms with Crippen molar-refractivity contribution in [3.8, 4) is 0 Å². The van der Waals surface area contributed by atoms with Gasteiger partial charge in [0.2, 0.25) is 0 Å². The lowest BCUT2D eigenvalue weighted by molar-refractivity contribution is 0.0607. The highest BCUT2D eigenvalue weighted by atomic mass is 16.3. The molecule has 98 valence electrons. The van der Waals surface area contributed by atoms with E-state index in [1.807, 2.05) is 7.05 Å². The Balaban J connectivity index is 1.97. The van der Waals surface area contributed by atoms with Crippen LogP contribution >= 0.6 is 0 Å². The van der Waals surface area contributed by atoms with Crippen molar-refractivity contribution in [2.45, 2.75) is 44.6 Å². The molecule has 1 aliphatic carbocycles. The molecule has 2 fully saturated rings. The van der Waals surface area contributed by atoms with E-state index in [0.29, 0.717) is 24.5 Å². The fourth-order valence-corrected chi connectivity index (χ4v) is 3.51. The Morgan fingerprint density at radius 3 is 2.82 bits per heavy atom. The first-order chi connectivity index (χ1) is 8.35. The molecule has 0 radical (unpaired) electrons. The third-order valence-corrected chi connectivity index (χ3v) is 4.40. The highest BCUT2D eigenvalue weighted by Gasteiger charge is 2.31. The van der Waals surface area contributed by atoms with Crippen molar-refractivity contribution in [1.82, 2.24) is 4.90 Å². The molecule has 3 nitrogen and oxygen atoms in total. The fraction of sp³-hybridized carbons (Fsp3) is 0.929. The largest absolute Gasteiger partial charge is 0.396 e. The molecule has 1 unspecified atom stereocenters. The standard InChI is InChI=1S/C14H26N2O/c1-15-9-13-6-2-3-7-14(13)16-8-4-5-12(10-16)11-17/h9,12-14,17H,2-8,10-11H2,1H3/b15-9+/t12-,13?,14-/m0/s1. The third kappa shape index (κ3) is 3.29. The quantitative estimate of drug-likeness (QED) is 0.763. The van der Waals surface area contributed by atoms with E-state index in [9.17, 15) is 5.11 Å². The molecule has 3 atom stereocenters. The molecule has 0 aromatic rings. The second-order valence-electron chi connectivity index (χ2n) is 5.61. The van der Waals surface area contributed by atoms with E-state index in [1.54, 1.807) is 0 Å². The Morgan fingerprint density at radius 1 is 1.24 bits per heavy atom. The molecule has 3 heteroatoms. The van der Waals surface area contributed by atoms with Crippen LogP contribution in [-0.2, 0) is 0 Å². The van der Waals surface area contributed by atoms with Crippen LogP contribution in [0.5, 0.6) is 0 Å². The average Bonchev–Trinajstić information content (AvgIpc) is 2.40. The first-order valence-corrected chi connectivity index (χ1v) is 7.12. The maximum atomic E-state index is 9.32. The minimum Gasteiger partial charge on any atom is -0.396 e. The lowest BCUT2D eigenvalue weighted by Gasteiger charge is -2.42. The van der Waals surface area contributed by atoms with E-state index in [0.717, 1.165) is 6.54 Å². The molecule has 0 aromatic carbocycles. The monoisotopic (exact) mass is 238 g/mol. The van der Waals surface area contributed by atoms with E-state index >= 15 is 0 Å². The van der Waals surface area contributed by atoms with Crippen molar-refractivity contribution in [1.29, 1.82) is 0 Å². The van der Waals surface area contributed by atoms with Crippen molar-refractivity contribution in [2.75, 3.05) is 26.7 Å². The zero-order valence-corrected chi connectivity index (χ0v) is 11.0. The molecule has 1 N–H and O–H groups in total. The van der Waals surface area contributed by atoms with Crippen LogP contribution in [-0.4, -0.2) is 49.0 Å². The van der Waals surface area contributed by atoms with E-state index in [4.69, 9.17) is 0 Å². The number of nitrogens with zero attached hydrogens (tertiary/aromatic N) is 2. The summed E-state index contributed by atoms with van der Waals surface area (Å²) in [5, 5.41) is 9.32. The summed E-state index contributed by atoms with van der Waals surface area (Å²) in [6.45, 7) is 2.67. The lowest BCUT2D eigenvalue weighted by atomic mass is 9.82. The van der Waals surface area contributed by atoms with E-state index < -0.39 is 0 Å². The highest BCUT2D eigenvalue weighted by Crippen LogP contribution is 2.30. The fourth-order valence-electron chi connectivity index (χ4n) is 3.51. The Kier molecular flexibility index (Phi) is 4.99. The molecule has 1 aliphatic heterocycles. The van der Waals surface area contributed by atoms with Gasteiger partial charge in [0.1, 0.15) is 0 Å². The lowest BCUT2D eigenvalue weighted by Crippen LogP contribution is -2.48. The van der Waals surface area contributed by atoms with Crippen molar-refractivity contribution in [3.05, 3.63) is 0 Å². The molecule has 0 spiro atoms. The highest BCUT2D eigenvalue weighted by molar-refractivity contribution is 5.61. The molecular formula is C14H26N2O. The normalized spacial score (nSPS) is 36.5. The van der Waals surface area contributed by atoms with Crippen molar-refractivity contribution >= 4 is 6.21 Å². The number of aliphatic hydroxyl groups excluding tert-OH is 1. The molecule has 0 bridgehead atoms. The zero-order valence-electron chi connectivity index (χ0n) is 11.0. The Morgan fingerprint density at radius 2 is 2.06 bits per heavy atom. The number of likely N-dealkylation sites (tertiary alicyclic amines) is 1. The summed E-state index contributed by atoms with van der Waals surface area (Å²) in [7, 11) is 1.89. The van der Waals surface area contributed by atoms with Crippen molar-refractivity contribution < 1.29 is 5.11 Å². The molecular weight excluding hydrogens is 212 g/mol. The Hall–Kier alpha value is -0.410. The van der Waals surface area contributed by atoms with Gasteiger partial charge in [0, 0.05) is 38.4 Å². The van der Waals surface area contributed by atoms with Crippen LogP contribution in [0.2, 0.25) is 0 Å². The van der Waals surface area contributed by atoms with Crippen molar-refractivity contribution in [2.24, 2.45) is 16.8 Å². The number of hydrogen-bond acceptors (Lipinski definition) is 3. The number of aliphatic imine (C=N–C) groups is 1. The molecule has 0 amide bonds.